The lowest BCUT2D eigenvalue weighted by Crippen LogP contribution is -2.12. The van der Waals surface area contributed by atoms with Gasteiger partial charge in [-0.3, -0.25) is 4.79 Å². The molecule has 0 saturated carbocycles. The number of phenols is 1. The molecule has 0 amide bonds. The fourth-order valence-electron chi connectivity index (χ4n) is 4.86. The van der Waals surface area contributed by atoms with Crippen LogP contribution in [0.2, 0.25) is 0 Å². The van der Waals surface area contributed by atoms with Crippen molar-refractivity contribution in [3.8, 4) is 17.1 Å². The maximum atomic E-state index is 13.9. The van der Waals surface area contributed by atoms with E-state index in [9.17, 15) is 18.7 Å². The number of carbonyl (C=O) groups excluding carboxylic acids is 1. The number of carbonyl (C=O) groups is 1. The summed E-state index contributed by atoms with van der Waals surface area (Å²) in [6.45, 7) is 1.99. The van der Waals surface area contributed by atoms with Crippen molar-refractivity contribution in [1.82, 2.24) is 4.98 Å². The number of allylic oxidation sites excluding steroid dienone is 2. The Morgan fingerprint density at radius 1 is 1.06 bits per heavy atom. The van der Waals surface area contributed by atoms with Crippen LogP contribution in [0.5, 0.6) is 5.75 Å². The van der Waals surface area contributed by atoms with Crippen molar-refractivity contribution in [3.63, 3.8) is 0 Å². The van der Waals surface area contributed by atoms with Crippen molar-refractivity contribution in [2.45, 2.75) is 38.5 Å². The lowest BCUT2D eigenvalue weighted by molar-refractivity contribution is -0.118. The number of hydrogen-bond acceptors (Lipinski definition) is 4. The van der Waals surface area contributed by atoms with E-state index in [1.54, 1.807) is 12.1 Å². The molecule has 0 fully saturated rings. The van der Waals surface area contributed by atoms with Crippen LogP contribution in [0.1, 0.15) is 46.7 Å². The average Bonchev–Trinajstić information content (AvgIpc) is 3.46. The summed E-state index contributed by atoms with van der Waals surface area (Å²) < 4.78 is 33.6. The normalized spacial score (nSPS) is 13.4. The number of oxazole rings is 1. The Bertz CT molecular complexity index is 1430. The Labute approximate surface area is 207 Å². The molecule has 0 radical (unpaired) electrons. The first kappa shape index (κ1) is 23.7. The lowest BCUT2D eigenvalue weighted by Gasteiger charge is -2.17. The third-order valence-corrected chi connectivity index (χ3v) is 6.57. The molecule has 3 aromatic carbocycles. The van der Waals surface area contributed by atoms with Crippen LogP contribution >= 0.6 is 0 Å². The van der Waals surface area contributed by atoms with Gasteiger partial charge in [0.2, 0.25) is 0 Å². The van der Waals surface area contributed by atoms with Gasteiger partial charge in [0.15, 0.2) is 12.2 Å². The number of halogens is 2. The summed E-state index contributed by atoms with van der Waals surface area (Å²) >= 11 is 0. The van der Waals surface area contributed by atoms with E-state index in [1.807, 2.05) is 43.3 Å². The van der Waals surface area contributed by atoms with Gasteiger partial charge in [0.1, 0.15) is 23.2 Å². The molecule has 0 bridgehead atoms. The maximum absolute atomic E-state index is 13.9. The van der Waals surface area contributed by atoms with Crippen LogP contribution in [-0.2, 0) is 17.6 Å². The fourth-order valence-corrected chi connectivity index (χ4v) is 4.86. The highest BCUT2D eigenvalue weighted by molar-refractivity contribution is 5.92. The largest absolute Gasteiger partial charge is 0.508 e. The molecule has 36 heavy (non-hydrogen) atoms. The van der Waals surface area contributed by atoms with E-state index in [0.717, 1.165) is 33.9 Å². The van der Waals surface area contributed by atoms with Gasteiger partial charge in [0.05, 0.1) is 5.69 Å². The number of fused-ring (bicyclic) bond motifs is 1. The monoisotopic (exact) mass is 485 g/mol. The van der Waals surface area contributed by atoms with Gasteiger partial charge in [0, 0.05) is 30.4 Å². The van der Waals surface area contributed by atoms with Gasteiger partial charge in [-0.15, -0.1) is 0 Å². The molecule has 1 aromatic heterocycles. The summed E-state index contributed by atoms with van der Waals surface area (Å²) in [7, 11) is 0. The maximum Gasteiger partial charge on any atom is 0.181 e. The third-order valence-electron chi connectivity index (χ3n) is 6.57. The summed E-state index contributed by atoms with van der Waals surface area (Å²) in [5.74, 6) is -1.11. The van der Waals surface area contributed by atoms with Gasteiger partial charge in [0.25, 0.3) is 0 Å². The van der Waals surface area contributed by atoms with Gasteiger partial charge in [-0.1, -0.05) is 42.0 Å². The number of hydrogen-bond donors (Lipinski definition) is 1. The SMILES string of the molecule is Cc1ccc(-c2ocnc2C(CC(=O)CC2=CCc3ccc(O)cc32)Cc2cc(F)cc(F)c2)cc1. The second-order valence-electron chi connectivity index (χ2n) is 9.31. The van der Waals surface area contributed by atoms with Crippen molar-refractivity contribution >= 4 is 11.4 Å². The summed E-state index contributed by atoms with van der Waals surface area (Å²) in [6, 6.07) is 16.4. The van der Waals surface area contributed by atoms with E-state index in [4.69, 9.17) is 4.42 Å². The molecule has 1 heterocycles. The molecule has 0 saturated heterocycles. The first-order valence-electron chi connectivity index (χ1n) is 11.8. The van der Waals surface area contributed by atoms with Gasteiger partial charge in [-0.05, 0) is 66.3 Å². The van der Waals surface area contributed by atoms with E-state index in [2.05, 4.69) is 4.98 Å². The average molecular weight is 486 g/mol. The number of ketones is 1. The molecule has 4 nitrogen and oxygen atoms in total. The summed E-state index contributed by atoms with van der Waals surface area (Å²) in [5.41, 5.74) is 5.76. The molecule has 0 spiro atoms. The number of aromatic hydroxyl groups is 1. The third kappa shape index (κ3) is 5.13. The Balaban J connectivity index is 1.44. The van der Waals surface area contributed by atoms with Crippen LogP contribution in [0.4, 0.5) is 8.78 Å². The van der Waals surface area contributed by atoms with Crippen molar-refractivity contribution < 1.29 is 23.1 Å². The number of nitrogens with zero attached hydrogens (tertiary/aromatic N) is 1. The number of aryl methyl sites for hydroxylation is 1. The Morgan fingerprint density at radius 3 is 2.56 bits per heavy atom. The molecule has 1 N–H and O–H groups in total. The van der Waals surface area contributed by atoms with E-state index in [-0.39, 0.29) is 30.8 Å². The molecule has 1 unspecified atom stereocenters. The van der Waals surface area contributed by atoms with Gasteiger partial charge >= 0.3 is 0 Å². The van der Waals surface area contributed by atoms with Crippen molar-refractivity contribution in [1.29, 1.82) is 0 Å². The standard InChI is InChI=1S/C30H25F2NO3/c1-18-2-4-21(5-3-18)30-29(33-17-36-30)23(10-19-11-24(31)15-25(32)12-19)14-27(35)13-22-7-6-20-8-9-26(34)16-28(20)22/h2-5,7-9,11-12,15-17,23,34H,6,10,13-14H2,1H3. The predicted molar refractivity (Wildman–Crippen MR) is 134 cm³/mol. The molecule has 1 aliphatic carbocycles. The topological polar surface area (TPSA) is 63.3 Å². The molecule has 182 valence electrons. The molecule has 4 aromatic rings. The minimum Gasteiger partial charge on any atom is -0.508 e. The Morgan fingerprint density at radius 2 is 1.81 bits per heavy atom. The predicted octanol–water partition coefficient (Wildman–Crippen LogP) is 6.95. The van der Waals surface area contributed by atoms with Crippen LogP contribution < -0.4 is 0 Å². The molecular formula is C30H25F2NO3. The minimum atomic E-state index is -0.665. The molecule has 1 aliphatic rings. The zero-order valence-electron chi connectivity index (χ0n) is 19.8. The van der Waals surface area contributed by atoms with Gasteiger partial charge in [-0.25, -0.2) is 13.8 Å². The van der Waals surface area contributed by atoms with E-state index in [1.165, 1.54) is 18.5 Å². The molecule has 0 aliphatic heterocycles. The van der Waals surface area contributed by atoms with Crippen LogP contribution in [0.15, 0.2) is 77.6 Å². The minimum absolute atomic E-state index is 0.0304. The number of benzene rings is 3. The van der Waals surface area contributed by atoms with E-state index >= 15 is 0 Å². The fraction of sp³-hybridized carbons (Fsp3) is 0.200. The summed E-state index contributed by atoms with van der Waals surface area (Å²) in [5, 5.41) is 9.89. The first-order chi connectivity index (χ1) is 17.4. The lowest BCUT2D eigenvalue weighted by atomic mass is 9.87. The van der Waals surface area contributed by atoms with Crippen LogP contribution in [-0.4, -0.2) is 15.9 Å². The van der Waals surface area contributed by atoms with Crippen LogP contribution in [0.25, 0.3) is 16.9 Å². The number of Topliss-reactive ketones (excluding diaryl/α,β-unsaturated/α-hetero) is 1. The van der Waals surface area contributed by atoms with Gasteiger partial charge < -0.3 is 9.52 Å². The molecule has 6 heteroatoms. The number of phenolic OH excluding ortho intramolecular Hbond substituents is 1. The van der Waals surface area contributed by atoms with Crippen molar-refractivity contribution in [3.05, 3.63) is 113 Å². The van der Waals surface area contributed by atoms with Crippen molar-refractivity contribution in [2.75, 3.05) is 0 Å². The van der Waals surface area contributed by atoms with Gasteiger partial charge in [-0.2, -0.15) is 0 Å². The highest BCUT2D eigenvalue weighted by Crippen LogP contribution is 2.36. The first-order valence-corrected chi connectivity index (χ1v) is 11.8. The van der Waals surface area contributed by atoms with E-state index < -0.39 is 17.6 Å². The number of aromatic nitrogens is 1. The van der Waals surface area contributed by atoms with Crippen LogP contribution in [0, 0.1) is 18.6 Å². The highest BCUT2D eigenvalue weighted by atomic mass is 19.1. The molecular weight excluding hydrogens is 460 g/mol. The second-order valence-corrected chi connectivity index (χ2v) is 9.31. The zero-order valence-corrected chi connectivity index (χ0v) is 19.8. The molecule has 1 atom stereocenters. The van der Waals surface area contributed by atoms with Crippen molar-refractivity contribution in [2.24, 2.45) is 0 Å². The Hall–Kier alpha value is -4.06. The smallest absolute Gasteiger partial charge is 0.181 e. The highest BCUT2D eigenvalue weighted by Gasteiger charge is 2.26. The Kier molecular flexibility index (Phi) is 6.51. The van der Waals surface area contributed by atoms with E-state index in [0.29, 0.717) is 23.4 Å². The quantitative estimate of drug-likeness (QED) is 0.293. The summed E-state index contributed by atoms with van der Waals surface area (Å²) in [4.78, 5) is 17.7. The zero-order chi connectivity index (χ0) is 25.2. The van der Waals surface area contributed by atoms with Crippen LogP contribution in [0.3, 0.4) is 0 Å². The molecule has 5 rings (SSSR count). The summed E-state index contributed by atoms with van der Waals surface area (Å²) in [6.07, 6.45) is 4.60. The number of rotatable bonds is 8. The second kappa shape index (κ2) is 9.90.